The number of halogens is 2. The van der Waals surface area contributed by atoms with Crippen LogP contribution in [0.1, 0.15) is 32.9 Å². The zero-order chi connectivity index (χ0) is 17.8. The molecule has 132 valence electrons. The smallest absolute Gasteiger partial charge is 0.300 e. The second-order valence-electron chi connectivity index (χ2n) is 4.32. The van der Waals surface area contributed by atoms with Crippen LogP contribution in [-0.2, 0) is 14.3 Å². The molecule has 1 aromatic heterocycles. The van der Waals surface area contributed by atoms with Crippen LogP contribution in [0.5, 0.6) is 0 Å². The van der Waals surface area contributed by atoms with Crippen molar-refractivity contribution in [2.75, 3.05) is 25.1 Å². The highest BCUT2D eigenvalue weighted by Gasteiger charge is 2.10. The van der Waals surface area contributed by atoms with Crippen LogP contribution in [0, 0.1) is 10.5 Å². The number of carboxylic acid groups (broad SMARTS) is 1. The summed E-state index contributed by atoms with van der Waals surface area (Å²) in [5.74, 6) is -0.0788. The number of hydrogen-bond donors (Lipinski definition) is 2. The minimum Gasteiger partial charge on any atom is -0.481 e. The van der Waals surface area contributed by atoms with Gasteiger partial charge in [0.2, 0.25) is 5.28 Å². The Labute approximate surface area is 155 Å². The van der Waals surface area contributed by atoms with Crippen LogP contribution in [-0.4, -0.2) is 47.1 Å². The van der Waals surface area contributed by atoms with E-state index in [0.29, 0.717) is 19.8 Å². The second-order valence-corrected chi connectivity index (χ2v) is 5.73. The molecule has 0 aromatic carbocycles. The maximum Gasteiger partial charge on any atom is 0.300 e. The molecule has 0 fully saturated rings. The zero-order valence-corrected chi connectivity index (χ0v) is 16.6. The standard InChI is InChI=1S/C12H19ClIN3O2.C2H4O2/c1-4-18-9(19-5-2)6-7-15-11-10(14)8(3)16-12(13)17-11;1-2(3)4/h9H,4-7H2,1-3H3,(H,15,16,17);1H3,(H,3,4). The number of carbonyl (C=O) groups is 1. The van der Waals surface area contributed by atoms with Crippen LogP contribution in [0.3, 0.4) is 0 Å². The Bertz CT molecular complexity index is 481. The monoisotopic (exact) mass is 459 g/mol. The van der Waals surface area contributed by atoms with Crippen molar-refractivity contribution in [1.82, 2.24) is 9.97 Å². The molecule has 0 spiro atoms. The molecule has 0 saturated carbocycles. The highest BCUT2D eigenvalue weighted by molar-refractivity contribution is 14.1. The molecule has 0 aliphatic heterocycles. The average molecular weight is 460 g/mol. The molecule has 7 nitrogen and oxygen atoms in total. The van der Waals surface area contributed by atoms with E-state index >= 15 is 0 Å². The summed E-state index contributed by atoms with van der Waals surface area (Å²) < 4.78 is 11.9. The number of hydrogen-bond acceptors (Lipinski definition) is 6. The highest BCUT2D eigenvalue weighted by atomic mass is 127. The lowest BCUT2D eigenvalue weighted by Gasteiger charge is -2.17. The summed E-state index contributed by atoms with van der Waals surface area (Å²) in [7, 11) is 0. The van der Waals surface area contributed by atoms with Crippen molar-refractivity contribution in [3.05, 3.63) is 14.5 Å². The maximum absolute atomic E-state index is 9.00. The van der Waals surface area contributed by atoms with Crippen LogP contribution >= 0.6 is 34.2 Å². The number of ether oxygens (including phenoxy) is 2. The molecule has 0 aliphatic rings. The molecule has 1 heterocycles. The lowest BCUT2D eigenvalue weighted by molar-refractivity contribution is -0.137. The van der Waals surface area contributed by atoms with Crippen molar-refractivity contribution in [3.63, 3.8) is 0 Å². The van der Waals surface area contributed by atoms with Gasteiger partial charge in [-0.3, -0.25) is 4.79 Å². The molecule has 0 saturated heterocycles. The number of nitrogens with zero attached hydrogens (tertiary/aromatic N) is 2. The number of nitrogens with one attached hydrogen (secondary N) is 1. The topological polar surface area (TPSA) is 93.6 Å². The third-order valence-corrected chi connectivity index (χ3v) is 3.83. The van der Waals surface area contributed by atoms with Crippen molar-refractivity contribution in [1.29, 1.82) is 0 Å². The molecule has 0 aliphatic carbocycles. The highest BCUT2D eigenvalue weighted by Crippen LogP contribution is 2.20. The first-order valence-electron chi connectivity index (χ1n) is 7.17. The third kappa shape index (κ3) is 10.6. The SMILES string of the molecule is CC(=O)O.CCOC(CCNc1nc(Cl)nc(C)c1I)OCC. The lowest BCUT2D eigenvalue weighted by atomic mass is 10.4. The summed E-state index contributed by atoms with van der Waals surface area (Å²) in [5, 5.41) is 10.9. The summed E-state index contributed by atoms with van der Waals surface area (Å²) >= 11 is 8.05. The van der Waals surface area contributed by atoms with E-state index in [1.807, 2.05) is 20.8 Å². The summed E-state index contributed by atoms with van der Waals surface area (Å²) in [5.41, 5.74) is 0.870. The van der Waals surface area contributed by atoms with Crippen LogP contribution in [0.2, 0.25) is 5.28 Å². The molecular weight excluding hydrogens is 437 g/mol. The van der Waals surface area contributed by atoms with Crippen molar-refractivity contribution in [3.8, 4) is 0 Å². The van der Waals surface area contributed by atoms with Crippen LogP contribution in [0.4, 0.5) is 5.82 Å². The third-order valence-electron chi connectivity index (χ3n) is 2.37. The predicted molar refractivity (Wildman–Crippen MR) is 98.0 cm³/mol. The van der Waals surface area contributed by atoms with Crippen molar-refractivity contribution in [2.24, 2.45) is 0 Å². The summed E-state index contributed by atoms with van der Waals surface area (Å²) in [6, 6.07) is 0. The number of aryl methyl sites for hydroxylation is 1. The molecule has 0 unspecified atom stereocenters. The van der Waals surface area contributed by atoms with Gasteiger partial charge in [0.15, 0.2) is 6.29 Å². The number of rotatable bonds is 8. The summed E-state index contributed by atoms with van der Waals surface area (Å²) in [6.07, 6.45) is 0.567. The molecule has 23 heavy (non-hydrogen) atoms. The van der Waals surface area contributed by atoms with Gasteiger partial charge in [-0.05, 0) is 55.0 Å². The van der Waals surface area contributed by atoms with E-state index in [-0.39, 0.29) is 11.6 Å². The largest absolute Gasteiger partial charge is 0.481 e. The first kappa shape index (κ1) is 22.3. The molecule has 0 amide bonds. The second kappa shape index (κ2) is 12.7. The van der Waals surface area contributed by atoms with Gasteiger partial charge in [0.05, 0.1) is 9.26 Å². The van der Waals surface area contributed by atoms with Gasteiger partial charge in [0.25, 0.3) is 5.97 Å². The van der Waals surface area contributed by atoms with Gasteiger partial charge < -0.3 is 19.9 Å². The van der Waals surface area contributed by atoms with Crippen LogP contribution in [0.15, 0.2) is 0 Å². The molecule has 0 radical (unpaired) electrons. The molecule has 1 aromatic rings. The van der Waals surface area contributed by atoms with E-state index in [1.54, 1.807) is 0 Å². The minimum absolute atomic E-state index is 0.182. The number of aliphatic carboxylic acids is 1. The van der Waals surface area contributed by atoms with Gasteiger partial charge in [-0.25, -0.2) is 4.98 Å². The Kier molecular flexibility index (Phi) is 12.3. The van der Waals surface area contributed by atoms with Gasteiger partial charge in [-0.15, -0.1) is 0 Å². The number of anilines is 1. The molecule has 2 N–H and O–H groups in total. The van der Waals surface area contributed by atoms with Gasteiger partial charge in [-0.1, -0.05) is 0 Å². The van der Waals surface area contributed by atoms with E-state index in [2.05, 4.69) is 37.9 Å². The van der Waals surface area contributed by atoms with Crippen molar-refractivity contribution >= 4 is 46.0 Å². The van der Waals surface area contributed by atoms with E-state index in [1.165, 1.54) is 0 Å². The number of aromatic nitrogens is 2. The summed E-state index contributed by atoms with van der Waals surface area (Å²) in [4.78, 5) is 17.3. The first-order valence-corrected chi connectivity index (χ1v) is 8.63. The fourth-order valence-corrected chi connectivity index (χ4v) is 2.18. The van der Waals surface area contributed by atoms with Crippen LogP contribution < -0.4 is 5.32 Å². The molecule has 0 atom stereocenters. The Hall–Kier alpha value is -0.710. The van der Waals surface area contributed by atoms with Gasteiger partial charge in [-0.2, -0.15) is 4.98 Å². The Morgan fingerprint density at radius 2 is 1.87 bits per heavy atom. The maximum atomic E-state index is 9.00. The Morgan fingerprint density at radius 1 is 1.35 bits per heavy atom. The van der Waals surface area contributed by atoms with E-state index in [0.717, 1.165) is 28.4 Å². The predicted octanol–water partition coefficient (Wildman–Crippen LogP) is 3.34. The van der Waals surface area contributed by atoms with E-state index in [4.69, 9.17) is 31.0 Å². The Balaban J connectivity index is 0.00000108. The van der Waals surface area contributed by atoms with E-state index < -0.39 is 5.97 Å². The van der Waals surface area contributed by atoms with Crippen molar-refractivity contribution < 1.29 is 19.4 Å². The van der Waals surface area contributed by atoms with Gasteiger partial charge in [0, 0.05) is 33.1 Å². The Morgan fingerprint density at radius 3 is 2.35 bits per heavy atom. The molecular formula is C14H23ClIN3O4. The van der Waals surface area contributed by atoms with Gasteiger partial charge in [0.1, 0.15) is 5.82 Å². The van der Waals surface area contributed by atoms with Gasteiger partial charge >= 0.3 is 0 Å². The fourth-order valence-electron chi connectivity index (χ4n) is 1.54. The van der Waals surface area contributed by atoms with E-state index in [9.17, 15) is 0 Å². The molecule has 9 heteroatoms. The normalized spacial score (nSPS) is 10.2. The summed E-state index contributed by atoms with van der Waals surface area (Å²) in [6.45, 7) is 8.88. The molecule has 0 bridgehead atoms. The lowest BCUT2D eigenvalue weighted by Crippen LogP contribution is -2.21. The van der Waals surface area contributed by atoms with Crippen LogP contribution in [0.25, 0.3) is 0 Å². The average Bonchev–Trinajstić information content (AvgIpc) is 2.44. The molecule has 1 rings (SSSR count). The van der Waals surface area contributed by atoms with Crippen molar-refractivity contribution in [2.45, 2.75) is 40.4 Å². The first-order chi connectivity index (χ1) is 10.8. The fraction of sp³-hybridized carbons (Fsp3) is 0.643. The quantitative estimate of drug-likeness (QED) is 0.350. The number of carboxylic acids is 1. The zero-order valence-electron chi connectivity index (χ0n) is 13.7. The minimum atomic E-state index is -0.833.